The molecule has 0 heterocycles. The fourth-order valence-electron chi connectivity index (χ4n) is 1.35. The Morgan fingerprint density at radius 2 is 1.92 bits per heavy atom. The summed E-state index contributed by atoms with van der Waals surface area (Å²) in [5.74, 6) is 0. The fraction of sp³-hybridized carbons (Fsp3) is 1.00. The van der Waals surface area contributed by atoms with Crippen molar-refractivity contribution in [2.45, 2.75) is 39.7 Å². The zero-order chi connectivity index (χ0) is 9.40. The molecule has 0 saturated heterocycles. The number of hydrogen-bond acceptors (Lipinski definition) is 2. The van der Waals surface area contributed by atoms with E-state index in [0.717, 1.165) is 12.6 Å². The Bertz CT molecular complexity index is 93.8. The Morgan fingerprint density at radius 3 is 2.33 bits per heavy atom. The minimum atomic E-state index is 0.735. The van der Waals surface area contributed by atoms with E-state index in [0.29, 0.717) is 0 Å². The number of nitrogens with zero attached hydrogens (tertiary/aromatic N) is 1. The molecule has 0 rings (SSSR count). The molecule has 12 heavy (non-hydrogen) atoms. The normalized spacial score (nSPS) is 13.8. The van der Waals surface area contributed by atoms with Crippen LogP contribution in [0.1, 0.15) is 33.6 Å². The van der Waals surface area contributed by atoms with Gasteiger partial charge in [0.1, 0.15) is 0 Å². The summed E-state index contributed by atoms with van der Waals surface area (Å²) in [5, 5.41) is 3.19. The first-order chi connectivity index (χ1) is 5.76. The number of likely N-dealkylation sites (N-methyl/N-ethyl adjacent to an activating group) is 1. The van der Waals surface area contributed by atoms with Crippen LogP contribution in [0.3, 0.4) is 0 Å². The quantitative estimate of drug-likeness (QED) is 0.629. The molecule has 0 radical (unpaired) electrons. The Hall–Kier alpha value is -0.0800. The van der Waals surface area contributed by atoms with Crippen LogP contribution in [0.15, 0.2) is 0 Å². The third-order valence-corrected chi connectivity index (χ3v) is 2.37. The lowest BCUT2D eigenvalue weighted by atomic mass is 10.2. The Labute approximate surface area is 77.3 Å². The van der Waals surface area contributed by atoms with Crippen LogP contribution < -0.4 is 5.32 Å². The van der Waals surface area contributed by atoms with Crippen LogP contribution >= 0.6 is 0 Å². The third-order valence-electron chi connectivity index (χ3n) is 2.37. The van der Waals surface area contributed by atoms with E-state index in [2.05, 4.69) is 31.0 Å². The van der Waals surface area contributed by atoms with Crippen LogP contribution in [0, 0.1) is 0 Å². The molecule has 0 spiro atoms. The molecule has 74 valence electrons. The number of hydrogen-bond donors (Lipinski definition) is 1. The highest BCUT2D eigenvalue weighted by Crippen LogP contribution is 2.02. The van der Waals surface area contributed by atoms with Gasteiger partial charge in [0.2, 0.25) is 0 Å². The minimum absolute atomic E-state index is 0.735. The van der Waals surface area contributed by atoms with Crippen LogP contribution in [-0.4, -0.2) is 37.6 Å². The molecule has 0 amide bonds. The maximum atomic E-state index is 3.19. The lowest BCUT2D eigenvalue weighted by Crippen LogP contribution is -2.37. The van der Waals surface area contributed by atoms with Gasteiger partial charge in [0.25, 0.3) is 0 Å². The van der Waals surface area contributed by atoms with E-state index >= 15 is 0 Å². The van der Waals surface area contributed by atoms with Crippen molar-refractivity contribution in [3.8, 4) is 0 Å². The maximum Gasteiger partial charge on any atom is 0.0110 e. The van der Waals surface area contributed by atoms with Crippen LogP contribution in [-0.2, 0) is 0 Å². The van der Waals surface area contributed by atoms with E-state index in [1.165, 1.54) is 25.9 Å². The number of rotatable bonds is 7. The van der Waals surface area contributed by atoms with Crippen molar-refractivity contribution < 1.29 is 0 Å². The van der Waals surface area contributed by atoms with E-state index in [1.54, 1.807) is 0 Å². The van der Waals surface area contributed by atoms with E-state index < -0.39 is 0 Å². The molecule has 1 unspecified atom stereocenters. The first-order valence-electron chi connectivity index (χ1n) is 5.14. The summed E-state index contributed by atoms with van der Waals surface area (Å²) in [5.41, 5.74) is 0. The van der Waals surface area contributed by atoms with Crippen LogP contribution in [0.4, 0.5) is 0 Å². The van der Waals surface area contributed by atoms with Gasteiger partial charge in [0, 0.05) is 19.1 Å². The standard InChI is InChI=1S/C10H24N2/c1-5-8-12(9-7-11-4)10(3)6-2/h10-11H,5-9H2,1-4H3. The van der Waals surface area contributed by atoms with Gasteiger partial charge in [-0.15, -0.1) is 0 Å². The molecule has 0 aromatic rings. The summed E-state index contributed by atoms with van der Waals surface area (Å²) < 4.78 is 0. The minimum Gasteiger partial charge on any atom is -0.318 e. The van der Waals surface area contributed by atoms with Crippen LogP contribution in [0.2, 0.25) is 0 Å². The van der Waals surface area contributed by atoms with Crippen molar-refractivity contribution in [1.82, 2.24) is 10.2 Å². The predicted octanol–water partition coefficient (Wildman–Crippen LogP) is 1.72. The van der Waals surface area contributed by atoms with Gasteiger partial charge in [-0.3, -0.25) is 4.90 Å². The van der Waals surface area contributed by atoms with Gasteiger partial charge in [-0.1, -0.05) is 13.8 Å². The Balaban J connectivity index is 3.68. The fourth-order valence-corrected chi connectivity index (χ4v) is 1.35. The van der Waals surface area contributed by atoms with Crippen molar-refractivity contribution >= 4 is 0 Å². The van der Waals surface area contributed by atoms with Gasteiger partial charge >= 0.3 is 0 Å². The second kappa shape index (κ2) is 7.56. The molecule has 0 aliphatic rings. The summed E-state index contributed by atoms with van der Waals surface area (Å²) in [6.07, 6.45) is 2.51. The molecule has 0 fully saturated rings. The van der Waals surface area contributed by atoms with Crippen molar-refractivity contribution in [2.75, 3.05) is 26.7 Å². The highest BCUT2D eigenvalue weighted by molar-refractivity contribution is 4.65. The molecular formula is C10H24N2. The molecule has 2 nitrogen and oxygen atoms in total. The molecule has 0 aromatic carbocycles. The molecular weight excluding hydrogens is 148 g/mol. The second-order valence-corrected chi connectivity index (χ2v) is 3.40. The summed E-state index contributed by atoms with van der Waals surface area (Å²) >= 11 is 0. The summed E-state index contributed by atoms with van der Waals surface area (Å²) in [4.78, 5) is 2.55. The van der Waals surface area contributed by atoms with Gasteiger partial charge in [-0.2, -0.15) is 0 Å². The van der Waals surface area contributed by atoms with Crippen molar-refractivity contribution in [3.05, 3.63) is 0 Å². The van der Waals surface area contributed by atoms with Gasteiger partial charge in [0.05, 0.1) is 0 Å². The lowest BCUT2D eigenvalue weighted by molar-refractivity contribution is 0.206. The Kier molecular flexibility index (Phi) is 7.51. The van der Waals surface area contributed by atoms with Crippen molar-refractivity contribution in [3.63, 3.8) is 0 Å². The lowest BCUT2D eigenvalue weighted by Gasteiger charge is -2.27. The maximum absolute atomic E-state index is 3.19. The third kappa shape index (κ3) is 4.73. The number of nitrogens with one attached hydrogen (secondary N) is 1. The molecule has 0 aliphatic carbocycles. The summed E-state index contributed by atoms with van der Waals surface area (Å²) in [7, 11) is 2.01. The molecule has 1 N–H and O–H groups in total. The van der Waals surface area contributed by atoms with Crippen LogP contribution in [0.5, 0.6) is 0 Å². The average Bonchev–Trinajstić information content (AvgIpc) is 2.11. The molecule has 0 aliphatic heterocycles. The second-order valence-electron chi connectivity index (χ2n) is 3.40. The SMILES string of the molecule is CCCN(CCNC)C(C)CC. The predicted molar refractivity (Wildman–Crippen MR) is 55.5 cm³/mol. The van der Waals surface area contributed by atoms with Gasteiger partial charge in [0.15, 0.2) is 0 Å². The molecule has 2 heteroatoms. The first-order valence-corrected chi connectivity index (χ1v) is 5.14. The largest absolute Gasteiger partial charge is 0.318 e. The molecule has 1 atom stereocenters. The molecule has 0 bridgehead atoms. The monoisotopic (exact) mass is 172 g/mol. The van der Waals surface area contributed by atoms with Crippen molar-refractivity contribution in [1.29, 1.82) is 0 Å². The zero-order valence-corrected chi connectivity index (χ0v) is 9.06. The highest BCUT2D eigenvalue weighted by Gasteiger charge is 2.09. The Morgan fingerprint density at radius 1 is 1.25 bits per heavy atom. The zero-order valence-electron chi connectivity index (χ0n) is 9.06. The van der Waals surface area contributed by atoms with E-state index in [9.17, 15) is 0 Å². The van der Waals surface area contributed by atoms with Crippen LogP contribution in [0.25, 0.3) is 0 Å². The molecule has 0 aromatic heterocycles. The smallest absolute Gasteiger partial charge is 0.0110 e. The van der Waals surface area contributed by atoms with E-state index in [4.69, 9.17) is 0 Å². The van der Waals surface area contributed by atoms with Gasteiger partial charge < -0.3 is 5.32 Å². The average molecular weight is 172 g/mol. The molecule has 0 saturated carbocycles. The highest BCUT2D eigenvalue weighted by atomic mass is 15.2. The van der Waals surface area contributed by atoms with Gasteiger partial charge in [-0.25, -0.2) is 0 Å². The summed E-state index contributed by atoms with van der Waals surface area (Å²) in [6.45, 7) is 10.3. The van der Waals surface area contributed by atoms with E-state index in [1.807, 2.05) is 7.05 Å². The van der Waals surface area contributed by atoms with Gasteiger partial charge in [-0.05, 0) is 33.4 Å². The van der Waals surface area contributed by atoms with E-state index in [-0.39, 0.29) is 0 Å². The summed E-state index contributed by atoms with van der Waals surface area (Å²) in [6, 6.07) is 0.735. The topological polar surface area (TPSA) is 15.3 Å². The van der Waals surface area contributed by atoms with Crippen molar-refractivity contribution in [2.24, 2.45) is 0 Å². The first kappa shape index (κ1) is 11.9.